The Labute approximate surface area is 160 Å². The predicted molar refractivity (Wildman–Crippen MR) is 109 cm³/mol. The van der Waals surface area contributed by atoms with E-state index >= 15 is 0 Å². The summed E-state index contributed by atoms with van der Waals surface area (Å²) >= 11 is 0. The van der Waals surface area contributed by atoms with Gasteiger partial charge in [0.05, 0.1) is 13.2 Å². The fraction of sp³-hybridized carbons (Fsp3) is 0.208. The first-order valence-corrected chi connectivity index (χ1v) is 9.50. The van der Waals surface area contributed by atoms with Crippen LogP contribution >= 0.6 is 0 Å². The van der Waals surface area contributed by atoms with Gasteiger partial charge >= 0.3 is 0 Å². The van der Waals surface area contributed by atoms with Crippen LogP contribution < -0.4 is 9.30 Å². The SMILES string of the molecule is Cc1ccc(C[n+]2cn(CCCOc3ccccc3)c3ccccc32)cc1. The summed E-state index contributed by atoms with van der Waals surface area (Å²) in [5, 5.41) is 0. The molecule has 0 unspecified atom stereocenters. The van der Waals surface area contributed by atoms with Crippen molar-refractivity contribution in [2.45, 2.75) is 26.4 Å². The zero-order chi connectivity index (χ0) is 18.5. The van der Waals surface area contributed by atoms with Gasteiger partial charge in [0, 0.05) is 6.42 Å². The van der Waals surface area contributed by atoms with Crippen LogP contribution in [0.15, 0.2) is 85.2 Å². The van der Waals surface area contributed by atoms with E-state index in [9.17, 15) is 0 Å². The number of benzene rings is 3. The summed E-state index contributed by atoms with van der Waals surface area (Å²) in [5.41, 5.74) is 5.15. The maximum Gasteiger partial charge on any atom is 0.245 e. The van der Waals surface area contributed by atoms with Crippen molar-refractivity contribution in [3.8, 4) is 5.75 Å². The molecule has 4 aromatic rings. The lowest BCUT2D eigenvalue weighted by Gasteiger charge is -2.04. The van der Waals surface area contributed by atoms with E-state index in [4.69, 9.17) is 4.74 Å². The Morgan fingerprint density at radius 3 is 2.41 bits per heavy atom. The van der Waals surface area contributed by atoms with Crippen LogP contribution in [0.25, 0.3) is 11.0 Å². The van der Waals surface area contributed by atoms with Crippen molar-refractivity contribution in [3.63, 3.8) is 0 Å². The Hall–Kier alpha value is -3.07. The fourth-order valence-corrected chi connectivity index (χ4v) is 3.38. The molecule has 0 atom stereocenters. The summed E-state index contributed by atoms with van der Waals surface area (Å²) in [5.74, 6) is 0.935. The Kier molecular flexibility index (Phi) is 5.20. The number of fused-ring (bicyclic) bond motifs is 1. The molecule has 0 aliphatic carbocycles. The van der Waals surface area contributed by atoms with Crippen LogP contribution in [0.2, 0.25) is 0 Å². The summed E-state index contributed by atoms with van der Waals surface area (Å²) < 4.78 is 10.5. The van der Waals surface area contributed by atoms with E-state index in [2.05, 4.69) is 70.9 Å². The van der Waals surface area contributed by atoms with Crippen LogP contribution in [-0.2, 0) is 13.1 Å². The number of imidazole rings is 1. The zero-order valence-electron chi connectivity index (χ0n) is 15.7. The Morgan fingerprint density at radius 2 is 1.59 bits per heavy atom. The van der Waals surface area contributed by atoms with Crippen LogP contribution in [-0.4, -0.2) is 11.2 Å². The van der Waals surface area contributed by atoms with E-state index < -0.39 is 0 Å². The molecule has 0 radical (unpaired) electrons. The van der Waals surface area contributed by atoms with Crippen LogP contribution in [0.3, 0.4) is 0 Å². The number of aromatic nitrogens is 2. The highest BCUT2D eigenvalue weighted by atomic mass is 16.5. The monoisotopic (exact) mass is 357 g/mol. The maximum absolute atomic E-state index is 5.83. The normalized spacial score (nSPS) is 11.0. The molecule has 136 valence electrons. The molecule has 0 saturated heterocycles. The molecule has 0 bridgehead atoms. The number of ether oxygens (including phenoxy) is 1. The van der Waals surface area contributed by atoms with Gasteiger partial charge in [-0.15, -0.1) is 0 Å². The first-order valence-electron chi connectivity index (χ1n) is 9.50. The van der Waals surface area contributed by atoms with Gasteiger partial charge < -0.3 is 4.74 Å². The lowest BCUT2D eigenvalue weighted by atomic mass is 10.1. The summed E-state index contributed by atoms with van der Waals surface area (Å²) in [4.78, 5) is 0. The quantitative estimate of drug-likeness (QED) is 0.345. The van der Waals surface area contributed by atoms with Gasteiger partial charge in [0.25, 0.3) is 0 Å². The molecule has 0 aliphatic heterocycles. The third-order valence-electron chi connectivity index (χ3n) is 4.81. The lowest BCUT2D eigenvalue weighted by Crippen LogP contribution is -2.32. The molecule has 0 fully saturated rings. The van der Waals surface area contributed by atoms with Crippen LogP contribution in [0.5, 0.6) is 5.75 Å². The van der Waals surface area contributed by atoms with Gasteiger partial charge in [0.1, 0.15) is 12.3 Å². The second-order valence-corrected chi connectivity index (χ2v) is 6.93. The first kappa shape index (κ1) is 17.3. The van der Waals surface area contributed by atoms with Crippen molar-refractivity contribution in [2.75, 3.05) is 6.61 Å². The van der Waals surface area contributed by atoms with E-state index in [1.54, 1.807) is 0 Å². The molecule has 0 N–H and O–H groups in total. The summed E-state index contributed by atoms with van der Waals surface area (Å²) in [6.45, 7) is 4.66. The highest BCUT2D eigenvalue weighted by Gasteiger charge is 2.15. The van der Waals surface area contributed by atoms with Gasteiger partial charge in [-0.25, -0.2) is 9.13 Å². The van der Waals surface area contributed by atoms with Crippen LogP contribution in [0.4, 0.5) is 0 Å². The van der Waals surface area contributed by atoms with Crippen molar-refractivity contribution in [1.82, 2.24) is 4.57 Å². The highest BCUT2D eigenvalue weighted by Crippen LogP contribution is 2.14. The third-order valence-corrected chi connectivity index (χ3v) is 4.81. The molecule has 27 heavy (non-hydrogen) atoms. The second-order valence-electron chi connectivity index (χ2n) is 6.93. The van der Waals surface area contributed by atoms with Gasteiger partial charge in [-0.05, 0) is 36.8 Å². The molecule has 3 aromatic carbocycles. The first-order chi connectivity index (χ1) is 13.3. The number of aryl methyl sites for hydroxylation is 2. The molecule has 4 rings (SSSR count). The van der Waals surface area contributed by atoms with E-state index in [1.807, 2.05) is 30.3 Å². The topological polar surface area (TPSA) is 18.0 Å². The molecular weight excluding hydrogens is 332 g/mol. The van der Waals surface area contributed by atoms with E-state index in [0.29, 0.717) is 6.61 Å². The average molecular weight is 357 g/mol. The molecule has 0 spiro atoms. The van der Waals surface area contributed by atoms with Gasteiger partial charge in [0.15, 0.2) is 11.0 Å². The molecule has 1 heterocycles. The molecule has 0 aliphatic rings. The molecule has 3 nitrogen and oxygen atoms in total. The number of para-hydroxylation sites is 3. The van der Waals surface area contributed by atoms with E-state index in [1.165, 1.54) is 22.2 Å². The maximum atomic E-state index is 5.83. The van der Waals surface area contributed by atoms with E-state index in [0.717, 1.165) is 25.3 Å². The minimum atomic E-state index is 0.717. The Balaban J connectivity index is 1.47. The smallest absolute Gasteiger partial charge is 0.245 e. The summed E-state index contributed by atoms with van der Waals surface area (Å²) in [6, 6.07) is 27.4. The predicted octanol–water partition coefficient (Wildman–Crippen LogP) is 4.75. The van der Waals surface area contributed by atoms with Crippen molar-refractivity contribution < 1.29 is 9.30 Å². The highest BCUT2D eigenvalue weighted by molar-refractivity contribution is 5.71. The van der Waals surface area contributed by atoms with Crippen molar-refractivity contribution >= 4 is 11.0 Å². The van der Waals surface area contributed by atoms with Crippen molar-refractivity contribution in [2.24, 2.45) is 0 Å². The molecule has 1 aromatic heterocycles. The number of hydrogen-bond acceptors (Lipinski definition) is 1. The molecule has 0 amide bonds. The Bertz CT molecular complexity index is 1000. The zero-order valence-corrected chi connectivity index (χ0v) is 15.7. The molecule has 0 saturated carbocycles. The standard InChI is InChI=1S/C24H25N2O/c1-20-12-14-21(15-13-20)18-26-19-25(23-10-5-6-11-24(23)26)16-7-17-27-22-8-3-2-4-9-22/h2-6,8-15,19H,7,16-18H2,1H3/q+1. The number of hydrogen-bond donors (Lipinski definition) is 0. The van der Waals surface area contributed by atoms with Crippen LogP contribution in [0, 0.1) is 6.92 Å². The molecular formula is C24H25N2O+. The van der Waals surface area contributed by atoms with Crippen molar-refractivity contribution in [3.05, 3.63) is 96.3 Å². The largest absolute Gasteiger partial charge is 0.493 e. The van der Waals surface area contributed by atoms with Gasteiger partial charge in [-0.2, -0.15) is 0 Å². The van der Waals surface area contributed by atoms with Gasteiger partial charge in [0.2, 0.25) is 6.33 Å². The molecule has 3 heteroatoms. The minimum Gasteiger partial charge on any atom is -0.493 e. The fourth-order valence-electron chi connectivity index (χ4n) is 3.38. The Morgan fingerprint density at radius 1 is 0.852 bits per heavy atom. The van der Waals surface area contributed by atoms with Gasteiger partial charge in [-0.1, -0.05) is 60.2 Å². The van der Waals surface area contributed by atoms with Gasteiger partial charge in [-0.3, -0.25) is 0 Å². The second kappa shape index (κ2) is 8.09. The number of nitrogens with zero attached hydrogens (tertiary/aromatic N) is 2. The average Bonchev–Trinajstić information content (AvgIpc) is 3.06. The van der Waals surface area contributed by atoms with Crippen molar-refractivity contribution in [1.29, 1.82) is 0 Å². The lowest BCUT2D eigenvalue weighted by molar-refractivity contribution is -0.663. The third kappa shape index (κ3) is 4.20. The minimum absolute atomic E-state index is 0.717. The summed E-state index contributed by atoms with van der Waals surface area (Å²) in [7, 11) is 0. The number of rotatable bonds is 7. The van der Waals surface area contributed by atoms with Crippen LogP contribution in [0.1, 0.15) is 17.5 Å². The van der Waals surface area contributed by atoms with E-state index in [-0.39, 0.29) is 0 Å². The summed E-state index contributed by atoms with van der Waals surface area (Å²) in [6.07, 6.45) is 3.20.